The number of hydrogen-bond acceptors (Lipinski definition) is 4. The Hall–Kier alpha value is -2.75. The average Bonchev–Trinajstić information content (AvgIpc) is 3.05. The van der Waals surface area contributed by atoms with E-state index in [1.807, 2.05) is 0 Å². The number of amides is 2. The zero-order valence-electron chi connectivity index (χ0n) is 15.6. The molecule has 2 aliphatic rings. The Bertz CT molecular complexity index is 972. The summed E-state index contributed by atoms with van der Waals surface area (Å²) in [4.78, 5) is 23.7. The maximum absolute atomic E-state index is 13.4. The molecule has 1 aromatic heterocycles. The van der Waals surface area contributed by atoms with Crippen LogP contribution in [0.15, 0.2) is 24.3 Å². The van der Waals surface area contributed by atoms with Gasteiger partial charge >= 0.3 is 6.18 Å². The number of ether oxygens (including phenoxy) is 1. The Balaban J connectivity index is 1.35. The van der Waals surface area contributed by atoms with Gasteiger partial charge in [0.15, 0.2) is 12.4 Å². The number of hydrogen-bond donors (Lipinski definition) is 3. The Morgan fingerprint density at radius 1 is 1.30 bits per heavy atom. The number of anilines is 1. The number of para-hydroxylation sites is 1. The van der Waals surface area contributed by atoms with Gasteiger partial charge in [-0.05, 0) is 25.0 Å². The fourth-order valence-electron chi connectivity index (χ4n) is 3.82. The number of nitrogens with zero attached hydrogens (tertiary/aromatic N) is 1. The molecule has 3 N–H and O–H groups in total. The lowest BCUT2D eigenvalue weighted by Gasteiger charge is -2.37. The van der Waals surface area contributed by atoms with E-state index in [4.69, 9.17) is 16.3 Å². The van der Waals surface area contributed by atoms with E-state index < -0.39 is 24.4 Å². The summed E-state index contributed by atoms with van der Waals surface area (Å²) in [6, 6.07) is 6.59. The number of aromatic nitrogens is 2. The maximum Gasteiger partial charge on any atom is 0.396 e. The van der Waals surface area contributed by atoms with Crippen molar-refractivity contribution in [1.82, 2.24) is 15.5 Å². The van der Waals surface area contributed by atoms with Gasteiger partial charge in [-0.15, -0.1) is 0 Å². The summed E-state index contributed by atoms with van der Waals surface area (Å²) in [6.07, 6.45) is -4.27. The molecule has 1 unspecified atom stereocenters. The second-order valence-electron chi connectivity index (χ2n) is 7.40. The zero-order valence-corrected chi connectivity index (χ0v) is 16.3. The third-order valence-electron chi connectivity index (χ3n) is 5.33. The first-order valence-corrected chi connectivity index (χ1v) is 9.71. The molecular weight excluding hydrogens is 425 g/mol. The van der Waals surface area contributed by atoms with Gasteiger partial charge in [0.05, 0.1) is 10.9 Å². The van der Waals surface area contributed by atoms with E-state index >= 15 is 0 Å². The molecule has 0 spiro atoms. The van der Waals surface area contributed by atoms with Gasteiger partial charge in [-0.1, -0.05) is 23.7 Å². The lowest BCUT2D eigenvalue weighted by molar-refractivity contribution is -0.157. The van der Waals surface area contributed by atoms with E-state index in [1.165, 1.54) is 0 Å². The van der Waals surface area contributed by atoms with E-state index in [-0.39, 0.29) is 35.9 Å². The molecule has 30 heavy (non-hydrogen) atoms. The molecule has 7 nitrogen and oxygen atoms in total. The average molecular weight is 443 g/mol. The molecule has 1 aliphatic carbocycles. The molecule has 0 bridgehead atoms. The van der Waals surface area contributed by atoms with Gasteiger partial charge in [0.1, 0.15) is 5.75 Å². The monoisotopic (exact) mass is 442 g/mol. The van der Waals surface area contributed by atoms with Gasteiger partial charge in [0, 0.05) is 29.6 Å². The molecular formula is C19H18ClF3N4O3. The van der Waals surface area contributed by atoms with Gasteiger partial charge in [-0.25, -0.2) is 0 Å². The van der Waals surface area contributed by atoms with Crippen LogP contribution in [0.2, 0.25) is 5.02 Å². The topological polar surface area (TPSA) is 96.1 Å². The van der Waals surface area contributed by atoms with Crippen molar-refractivity contribution in [3.05, 3.63) is 40.5 Å². The van der Waals surface area contributed by atoms with Gasteiger partial charge in [-0.3, -0.25) is 14.7 Å². The third kappa shape index (κ3) is 4.09. The van der Waals surface area contributed by atoms with Crippen LogP contribution in [0.1, 0.15) is 42.4 Å². The molecule has 1 fully saturated rings. The standard InChI is InChI=1S/C19H18ClF3N4O3/c20-12-3-1-2-4-13(12)30-8-15(29)24-10-5-9(6-10)17-16-11(19(21,22)23)7-14(28)25-18(16)27-26-17/h1-4,9-11H,5-8H2,(H,24,29)(H2,25,26,27,28). The summed E-state index contributed by atoms with van der Waals surface area (Å²) in [5, 5.41) is 12.1. The van der Waals surface area contributed by atoms with Crippen LogP contribution in [0, 0.1) is 0 Å². The maximum atomic E-state index is 13.4. The Labute approximate surface area is 174 Å². The highest BCUT2D eigenvalue weighted by molar-refractivity contribution is 6.32. The molecule has 11 heteroatoms. The van der Waals surface area contributed by atoms with E-state index in [0.29, 0.717) is 29.3 Å². The molecule has 0 radical (unpaired) electrons. The van der Waals surface area contributed by atoms with Crippen LogP contribution in [0.3, 0.4) is 0 Å². The number of benzene rings is 1. The minimum Gasteiger partial charge on any atom is -0.482 e. The fraction of sp³-hybridized carbons (Fsp3) is 0.421. The molecule has 2 aromatic rings. The number of carbonyl (C=O) groups excluding carboxylic acids is 2. The zero-order chi connectivity index (χ0) is 21.5. The highest BCUT2D eigenvalue weighted by atomic mass is 35.5. The quantitative estimate of drug-likeness (QED) is 0.660. The fourth-order valence-corrected chi connectivity index (χ4v) is 4.01. The van der Waals surface area contributed by atoms with Crippen molar-refractivity contribution >= 4 is 29.2 Å². The number of aromatic amines is 1. The predicted molar refractivity (Wildman–Crippen MR) is 101 cm³/mol. The van der Waals surface area contributed by atoms with Crippen LogP contribution in [0.5, 0.6) is 5.75 Å². The second-order valence-corrected chi connectivity index (χ2v) is 7.81. The Morgan fingerprint density at radius 2 is 2.03 bits per heavy atom. The van der Waals surface area contributed by atoms with E-state index in [1.54, 1.807) is 24.3 Å². The number of carbonyl (C=O) groups is 2. The van der Waals surface area contributed by atoms with Crippen LogP contribution >= 0.6 is 11.6 Å². The smallest absolute Gasteiger partial charge is 0.396 e. The number of rotatable bonds is 5. The molecule has 1 atom stereocenters. The minimum absolute atomic E-state index is 0.000991. The SMILES string of the molecule is O=C1CC(C(F)(F)F)c2c(n[nH]c2C2CC(NC(=O)COc3ccccc3Cl)C2)N1. The van der Waals surface area contributed by atoms with Gasteiger partial charge in [0.25, 0.3) is 5.91 Å². The van der Waals surface area contributed by atoms with Crippen LogP contribution in [0.4, 0.5) is 19.0 Å². The van der Waals surface area contributed by atoms with Crippen molar-refractivity contribution < 1.29 is 27.5 Å². The number of H-pyrrole nitrogens is 1. The lowest BCUT2D eigenvalue weighted by Crippen LogP contribution is -2.45. The summed E-state index contributed by atoms with van der Waals surface area (Å²) in [5.41, 5.74) is 0.365. The van der Waals surface area contributed by atoms with Crippen molar-refractivity contribution in [3.8, 4) is 5.75 Å². The van der Waals surface area contributed by atoms with Gasteiger partial charge in [-0.2, -0.15) is 18.3 Å². The lowest BCUT2D eigenvalue weighted by atomic mass is 9.75. The predicted octanol–water partition coefficient (Wildman–Crippen LogP) is 3.49. The van der Waals surface area contributed by atoms with Crippen molar-refractivity contribution in [1.29, 1.82) is 0 Å². The number of fused-ring (bicyclic) bond motifs is 1. The van der Waals surface area contributed by atoms with Gasteiger partial charge < -0.3 is 15.4 Å². The third-order valence-corrected chi connectivity index (χ3v) is 5.64. The Kier molecular flexibility index (Phi) is 5.35. The van der Waals surface area contributed by atoms with Crippen LogP contribution in [0.25, 0.3) is 0 Å². The number of halogens is 4. The first-order valence-electron chi connectivity index (χ1n) is 9.33. The van der Waals surface area contributed by atoms with Crippen molar-refractivity contribution in [2.75, 3.05) is 11.9 Å². The molecule has 1 aliphatic heterocycles. The summed E-state index contributed by atoms with van der Waals surface area (Å²) in [6.45, 7) is -0.216. The van der Waals surface area contributed by atoms with Crippen LogP contribution < -0.4 is 15.4 Å². The van der Waals surface area contributed by atoms with Crippen molar-refractivity contribution in [2.45, 2.75) is 43.3 Å². The van der Waals surface area contributed by atoms with Crippen LogP contribution in [-0.4, -0.2) is 40.8 Å². The molecule has 1 aromatic carbocycles. The minimum atomic E-state index is -4.54. The van der Waals surface area contributed by atoms with Crippen LogP contribution in [-0.2, 0) is 9.59 Å². The van der Waals surface area contributed by atoms with Crippen molar-refractivity contribution in [3.63, 3.8) is 0 Å². The molecule has 0 saturated heterocycles. The normalized spacial score (nSPS) is 23.2. The Morgan fingerprint density at radius 3 is 2.73 bits per heavy atom. The summed E-state index contributed by atoms with van der Waals surface area (Å²) in [7, 11) is 0. The first kappa shape index (κ1) is 20.5. The van der Waals surface area contributed by atoms with Gasteiger partial charge in [0.2, 0.25) is 5.91 Å². The molecule has 4 rings (SSSR count). The summed E-state index contributed by atoms with van der Waals surface area (Å²) >= 11 is 5.97. The van der Waals surface area contributed by atoms with E-state index in [9.17, 15) is 22.8 Å². The number of alkyl halides is 3. The largest absolute Gasteiger partial charge is 0.482 e. The molecule has 2 heterocycles. The van der Waals surface area contributed by atoms with E-state index in [2.05, 4.69) is 20.8 Å². The molecule has 2 amide bonds. The summed E-state index contributed by atoms with van der Waals surface area (Å²) in [5.74, 6) is -2.82. The van der Waals surface area contributed by atoms with Crippen molar-refractivity contribution in [2.24, 2.45) is 0 Å². The number of nitrogens with one attached hydrogen (secondary N) is 3. The highest BCUT2D eigenvalue weighted by Crippen LogP contribution is 2.48. The van der Waals surface area contributed by atoms with E-state index in [0.717, 1.165) is 0 Å². The molecule has 1 saturated carbocycles. The second kappa shape index (κ2) is 7.82. The molecule has 160 valence electrons. The first-order chi connectivity index (χ1) is 14.2. The summed E-state index contributed by atoms with van der Waals surface area (Å²) < 4.78 is 45.7. The highest BCUT2D eigenvalue weighted by Gasteiger charge is 2.49.